The minimum absolute atomic E-state index is 0.110. The highest BCUT2D eigenvalue weighted by atomic mass is 16.1. The third-order valence-electron chi connectivity index (χ3n) is 7.04. The first-order valence-corrected chi connectivity index (χ1v) is 12.0. The van der Waals surface area contributed by atoms with Crippen molar-refractivity contribution >= 4 is 22.5 Å². The van der Waals surface area contributed by atoms with Crippen molar-refractivity contribution in [1.82, 2.24) is 14.9 Å². The van der Waals surface area contributed by atoms with Gasteiger partial charge in [0.15, 0.2) is 0 Å². The Kier molecular flexibility index (Phi) is 5.74. The summed E-state index contributed by atoms with van der Waals surface area (Å²) in [4.78, 5) is 24.2. The molecule has 4 aromatic rings. The molecule has 0 spiro atoms. The second-order valence-corrected chi connectivity index (χ2v) is 10.3. The molecule has 1 saturated heterocycles. The van der Waals surface area contributed by atoms with Crippen molar-refractivity contribution in [2.75, 3.05) is 18.8 Å². The Morgan fingerprint density at radius 1 is 1.00 bits per heavy atom. The van der Waals surface area contributed by atoms with E-state index < -0.39 is 0 Å². The molecule has 0 bridgehead atoms. The monoisotopic (exact) mass is 452 g/mol. The zero-order valence-electron chi connectivity index (χ0n) is 20.1. The predicted octanol–water partition coefficient (Wildman–Crippen LogP) is 6.02. The fourth-order valence-corrected chi connectivity index (χ4v) is 5.05. The van der Waals surface area contributed by atoms with Crippen molar-refractivity contribution in [3.63, 3.8) is 0 Å². The molecule has 5 heteroatoms. The molecule has 3 N–H and O–H groups in total. The van der Waals surface area contributed by atoms with Crippen molar-refractivity contribution in [3.8, 4) is 11.1 Å². The number of likely N-dealkylation sites (tertiary alicyclic amines) is 1. The smallest absolute Gasteiger partial charge is 0.211 e. The van der Waals surface area contributed by atoms with Crippen molar-refractivity contribution in [3.05, 3.63) is 83.7 Å². The van der Waals surface area contributed by atoms with E-state index in [9.17, 15) is 4.79 Å². The number of aromatic amines is 1. The van der Waals surface area contributed by atoms with Crippen LogP contribution in [0.5, 0.6) is 0 Å². The number of H-pyrrole nitrogens is 1. The van der Waals surface area contributed by atoms with Crippen LogP contribution in [0.15, 0.2) is 66.9 Å². The second-order valence-electron chi connectivity index (χ2n) is 10.3. The van der Waals surface area contributed by atoms with Gasteiger partial charge in [-0.15, -0.1) is 0 Å². The lowest BCUT2D eigenvalue weighted by atomic mass is 9.88. The molecule has 0 saturated carbocycles. The van der Waals surface area contributed by atoms with E-state index in [0.29, 0.717) is 22.9 Å². The van der Waals surface area contributed by atoms with E-state index in [1.165, 1.54) is 5.56 Å². The first-order chi connectivity index (χ1) is 16.3. The number of nitrogens with one attached hydrogen (secondary N) is 1. The Morgan fingerprint density at radius 2 is 1.71 bits per heavy atom. The number of nitrogen functional groups attached to an aromatic ring is 1. The maximum atomic E-state index is 13.5. The summed E-state index contributed by atoms with van der Waals surface area (Å²) in [6.45, 7) is 8.92. The van der Waals surface area contributed by atoms with Crippen LogP contribution in [0, 0.1) is 0 Å². The van der Waals surface area contributed by atoms with E-state index in [0.717, 1.165) is 48.1 Å². The van der Waals surface area contributed by atoms with Crippen LogP contribution in [0.1, 0.15) is 61.1 Å². The molecule has 0 atom stereocenters. The summed E-state index contributed by atoms with van der Waals surface area (Å²) in [5, 5.41) is 0. The zero-order valence-corrected chi connectivity index (χ0v) is 20.1. The normalized spacial score (nSPS) is 15.6. The fraction of sp³-hybridized carbons (Fsp3) is 0.310. The number of nitrogens with zero attached hydrogens (tertiary/aromatic N) is 2. The van der Waals surface area contributed by atoms with Gasteiger partial charge in [-0.2, -0.15) is 0 Å². The predicted molar refractivity (Wildman–Crippen MR) is 139 cm³/mol. The first kappa shape index (κ1) is 22.4. The van der Waals surface area contributed by atoms with Crippen LogP contribution in [-0.4, -0.2) is 39.3 Å². The Hall–Kier alpha value is -3.44. The van der Waals surface area contributed by atoms with Gasteiger partial charge < -0.3 is 10.7 Å². The molecule has 1 fully saturated rings. The fourth-order valence-electron chi connectivity index (χ4n) is 5.05. The number of hydrogen-bond acceptors (Lipinski definition) is 4. The molecule has 174 valence electrons. The van der Waals surface area contributed by atoms with Crippen molar-refractivity contribution in [2.24, 2.45) is 0 Å². The van der Waals surface area contributed by atoms with E-state index in [2.05, 4.69) is 30.7 Å². The van der Waals surface area contributed by atoms with Gasteiger partial charge in [-0.05, 0) is 81.4 Å². The third-order valence-corrected chi connectivity index (χ3v) is 7.04. The van der Waals surface area contributed by atoms with Crippen LogP contribution in [0.3, 0.4) is 0 Å². The maximum absolute atomic E-state index is 13.5. The highest BCUT2D eigenvalue weighted by Crippen LogP contribution is 2.36. The van der Waals surface area contributed by atoms with E-state index in [1.807, 2.05) is 60.8 Å². The van der Waals surface area contributed by atoms with Gasteiger partial charge in [-0.3, -0.25) is 9.69 Å². The lowest BCUT2D eigenvalue weighted by molar-refractivity contribution is 0.102. The van der Waals surface area contributed by atoms with E-state index in [4.69, 9.17) is 10.7 Å². The SMILES string of the molecule is CC(C)(C)N1CCC(c2c[nH]c3c(N)cc(C(=O)c4cccc(-c5ccccc5)c4)nc23)CC1. The minimum atomic E-state index is -0.110. The molecule has 2 aromatic heterocycles. The van der Waals surface area contributed by atoms with Gasteiger partial charge in [0, 0.05) is 17.3 Å². The summed E-state index contributed by atoms with van der Waals surface area (Å²) in [6, 6.07) is 19.5. The summed E-state index contributed by atoms with van der Waals surface area (Å²) >= 11 is 0. The molecule has 2 aromatic carbocycles. The van der Waals surface area contributed by atoms with Gasteiger partial charge >= 0.3 is 0 Å². The number of ketones is 1. The lowest BCUT2D eigenvalue weighted by Crippen LogP contribution is -2.45. The average molecular weight is 453 g/mol. The Balaban J connectivity index is 1.46. The highest BCUT2D eigenvalue weighted by molar-refractivity contribution is 6.10. The second kappa shape index (κ2) is 8.73. The molecule has 3 heterocycles. The van der Waals surface area contributed by atoms with E-state index >= 15 is 0 Å². The number of carbonyl (C=O) groups is 1. The quantitative estimate of drug-likeness (QED) is 0.371. The number of hydrogen-bond donors (Lipinski definition) is 2. The molecule has 5 rings (SSSR count). The number of fused-ring (bicyclic) bond motifs is 1. The van der Waals surface area contributed by atoms with Gasteiger partial charge in [0.05, 0.1) is 16.7 Å². The number of carbonyl (C=O) groups excluding carboxylic acids is 1. The summed E-state index contributed by atoms with van der Waals surface area (Å²) in [6.07, 6.45) is 4.18. The number of anilines is 1. The Morgan fingerprint density at radius 3 is 2.41 bits per heavy atom. The van der Waals surface area contributed by atoms with Gasteiger partial charge in [0.2, 0.25) is 5.78 Å². The van der Waals surface area contributed by atoms with Gasteiger partial charge in [-0.1, -0.05) is 48.5 Å². The van der Waals surface area contributed by atoms with Crippen molar-refractivity contribution in [1.29, 1.82) is 0 Å². The molecule has 0 radical (unpaired) electrons. The maximum Gasteiger partial charge on any atom is 0.211 e. The summed E-state index contributed by atoms with van der Waals surface area (Å²) in [5.41, 5.74) is 13.0. The van der Waals surface area contributed by atoms with E-state index in [-0.39, 0.29) is 11.3 Å². The average Bonchev–Trinajstić information content (AvgIpc) is 3.28. The van der Waals surface area contributed by atoms with Crippen LogP contribution in [-0.2, 0) is 0 Å². The van der Waals surface area contributed by atoms with Crippen LogP contribution in [0.2, 0.25) is 0 Å². The van der Waals surface area contributed by atoms with Crippen LogP contribution >= 0.6 is 0 Å². The molecular formula is C29H32N4O. The summed E-state index contributed by atoms with van der Waals surface area (Å²) in [5.74, 6) is 0.298. The molecule has 0 aliphatic carbocycles. The number of aromatic nitrogens is 2. The van der Waals surface area contributed by atoms with Crippen LogP contribution in [0.4, 0.5) is 5.69 Å². The number of nitrogens with two attached hydrogens (primary N) is 1. The molecule has 1 aliphatic heterocycles. The largest absolute Gasteiger partial charge is 0.397 e. The minimum Gasteiger partial charge on any atom is -0.397 e. The molecular weight excluding hydrogens is 420 g/mol. The molecule has 34 heavy (non-hydrogen) atoms. The standard InChI is InChI=1S/C29H32N4O/c1-29(2,3)33-14-12-20(13-15-33)23-18-31-27-24(30)17-25(32-26(23)27)28(34)22-11-7-10-21(16-22)19-8-5-4-6-9-19/h4-11,16-18,20,31H,12-15H2,1-3H3,(H2,30,32). The van der Waals surface area contributed by atoms with Crippen molar-refractivity contribution in [2.45, 2.75) is 45.1 Å². The zero-order chi connectivity index (χ0) is 23.9. The summed E-state index contributed by atoms with van der Waals surface area (Å²) in [7, 11) is 0. The Labute approximate surface area is 201 Å². The lowest BCUT2D eigenvalue weighted by Gasteiger charge is -2.40. The number of pyridine rings is 1. The summed E-state index contributed by atoms with van der Waals surface area (Å²) < 4.78 is 0. The van der Waals surface area contributed by atoms with Crippen LogP contribution < -0.4 is 5.73 Å². The van der Waals surface area contributed by atoms with Crippen LogP contribution in [0.25, 0.3) is 22.2 Å². The van der Waals surface area contributed by atoms with Gasteiger partial charge in [0.1, 0.15) is 5.69 Å². The van der Waals surface area contributed by atoms with Gasteiger partial charge in [-0.25, -0.2) is 4.98 Å². The van der Waals surface area contributed by atoms with Gasteiger partial charge in [0.25, 0.3) is 0 Å². The number of benzene rings is 2. The topological polar surface area (TPSA) is 75.0 Å². The highest BCUT2D eigenvalue weighted by Gasteiger charge is 2.29. The third kappa shape index (κ3) is 4.24. The molecule has 0 amide bonds. The molecule has 0 unspecified atom stereocenters. The Bertz CT molecular complexity index is 1330. The first-order valence-electron chi connectivity index (χ1n) is 12.0. The molecule has 5 nitrogen and oxygen atoms in total. The van der Waals surface area contributed by atoms with Crippen molar-refractivity contribution < 1.29 is 4.79 Å². The number of piperidine rings is 1. The molecule has 1 aliphatic rings. The van der Waals surface area contributed by atoms with E-state index in [1.54, 1.807) is 6.07 Å². The number of rotatable bonds is 4.